The van der Waals surface area contributed by atoms with E-state index >= 15 is 4.39 Å². The number of carbonyl (C=O) groups is 1. The first-order valence-corrected chi connectivity index (χ1v) is 9.81. The Morgan fingerprint density at radius 1 is 1.22 bits per heavy atom. The molecule has 1 aromatic carbocycles. The number of ether oxygens (including phenoxy) is 1. The molecule has 2 aromatic heterocycles. The molecule has 11 heteroatoms. The summed E-state index contributed by atoms with van der Waals surface area (Å²) in [7, 11) is 0. The molecule has 1 unspecified atom stereocenters. The van der Waals surface area contributed by atoms with E-state index in [4.69, 9.17) is 10.8 Å². The lowest BCUT2D eigenvalue weighted by Gasteiger charge is -2.20. The molecule has 0 radical (unpaired) electrons. The van der Waals surface area contributed by atoms with E-state index < -0.39 is 34.8 Å². The average molecular weight is 446 g/mol. The van der Waals surface area contributed by atoms with Gasteiger partial charge in [0.15, 0.2) is 23.0 Å². The molecule has 3 N–H and O–H groups in total. The molecule has 1 aliphatic heterocycles. The molecule has 2 aliphatic rings. The Morgan fingerprint density at radius 3 is 2.59 bits per heavy atom. The lowest BCUT2D eigenvalue weighted by Crippen LogP contribution is -2.30. The standard InChI is InChI=1S/C21H17F3N4O4/c22-10-1-2-14(12(23)5-10)28-7-15(32-20(30)31)17(29)11-6-13(24)19(26-18(11)28)27-8-16(25)21(9-27)3-4-21/h1-2,5-7,16H,3-4,8-9,25H2,(H,30,31). The predicted molar refractivity (Wildman–Crippen MR) is 108 cm³/mol. The summed E-state index contributed by atoms with van der Waals surface area (Å²) in [6.07, 6.45) is 1.02. The second kappa shape index (κ2) is 6.95. The van der Waals surface area contributed by atoms with Crippen LogP contribution in [-0.4, -0.2) is 39.9 Å². The van der Waals surface area contributed by atoms with Gasteiger partial charge in [-0.15, -0.1) is 0 Å². The number of carboxylic acid groups (broad SMARTS) is 1. The average Bonchev–Trinajstić information content (AvgIpc) is 3.43. The zero-order chi connectivity index (χ0) is 22.8. The van der Waals surface area contributed by atoms with Gasteiger partial charge in [-0.05, 0) is 31.0 Å². The molecule has 1 aliphatic carbocycles. The second-order valence-electron chi connectivity index (χ2n) is 8.17. The molecule has 1 saturated carbocycles. The van der Waals surface area contributed by atoms with Gasteiger partial charge in [-0.25, -0.2) is 22.9 Å². The van der Waals surface area contributed by atoms with Crippen molar-refractivity contribution in [1.29, 1.82) is 0 Å². The van der Waals surface area contributed by atoms with E-state index in [0.717, 1.165) is 41.8 Å². The summed E-state index contributed by atoms with van der Waals surface area (Å²) in [6, 6.07) is 3.46. The molecule has 1 spiro atoms. The van der Waals surface area contributed by atoms with Crippen molar-refractivity contribution in [3.05, 3.63) is 58.1 Å². The van der Waals surface area contributed by atoms with Gasteiger partial charge >= 0.3 is 6.16 Å². The number of fused-ring (bicyclic) bond motifs is 1. The van der Waals surface area contributed by atoms with Gasteiger partial charge in [-0.2, -0.15) is 0 Å². The molecule has 1 atom stereocenters. The normalized spacial score (nSPS) is 19.0. The lowest BCUT2D eigenvalue weighted by molar-refractivity contribution is 0.144. The quantitative estimate of drug-likeness (QED) is 0.595. The van der Waals surface area contributed by atoms with E-state index in [1.54, 1.807) is 4.90 Å². The monoisotopic (exact) mass is 446 g/mol. The minimum Gasteiger partial charge on any atom is -0.449 e. The number of nitrogens with zero attached hydrogens (tertiary/aromatic N) is 3. The minimum atomic E-state index is -1.78. The van der Waals surface area contributed by atoms with Gasteiger partial charge in [0.05, 0.1) is 17.3 Å². The van der Waals surface area contributed by atoms with Crippen molar-refractivity contribution in [1.82, 2.24) is 9.55 Å². The summed E-state index contributed by atoms with van der Waals surface area (Å²) in [4.78, 5) is 29.7. The third kappa shape index (κ3) is 3.16. The molecule has 3 aromatic rings. The van der Waals surface area contributed by atoms with Crippen molar-refractivity contribution in [2.24, 2.45) is 11.1 Å². The van der Waals surface area contributed by atoms with Gasteiger partial charge in [-0.3, -0.25) is 9.36 Å². The van der Waals surface area contributed by atoms with E-state index in [1.165, 1.54) is 0 Å². The molecule has 166 valence electrons. The SMILES string of the molecule is NC1CN(c2nc3c(cc2F)c(=O)c(OC(=O)O)cn3-c2ccc(F)cc2F)CC12CC2. The van der Waals surface area contributed by atoms with E-state index in [-0.39, 0.29) is 34.0 Å². The molecular formula is C21H17F3N4O4. The molecule has 8 nitrogen and oxygen atoms in total. The van der Waals surface area contributed by atoms with E-state index in [9.17, 15) is 18.4 Å². The summed E-state index contributed by atoms with van der Waals surface area (Å²) in [5.74, 6) is -3.37. The van der Waals surface area contributed by atoms with Crippen LogP contribution in [0.2, 0.25) is 0 Å². The summed E-state index contributed by atoms with van der Waals surface area (Å²) < 4.78 is 48.6. The molecule has 3 heterocycles. The molecule has 0 amide bonds. The first-order valence-electron chi connectivity index (χ1n) is 9.81. The van der Waals surface area contributed by atoms with Crippen molar-refractivity contribution in [2.45, 2.75) is 18.9 Å². The fourth-order valence-electron chi connectivity index (χ4n) is 4.28. The Balaban J connectivity index is 1.75. The van der Waals surface area contributed by atoms with Crippen LogP contribution in [0.1, 0.15) is 12.8 Å². The van der Waals surface area contributed by atoms with Crippen molar-refractivity contribution >= 4 is 23.0 Å². The van der Waals surface area contributed by atoms with Gasteiger partial charge in [-0.1, -0.05) is 0 Å². The van der Waals surface area contributed by atoms with Gasteiger partial charge in [0.1, 0.15) is 11.6 Å². The maximum absolute atomic E-state index is 15.0. The molecule has 0 bridgehead atoms. The highest BCUT2D eigenvalue weighted by molar-refractivity contribution is 5.81. The maximum atomic E-state index is 15.0. The maximum Gasteiger partial charge on any atom is 0.511 e. The smallest absolute Gasteiger partial charge is 0.449 e. The number of anilines is 1. The number of hydrogen-bond acceptors (Lipinski definition) is 6. The first-order chi connectivity index (χ1) is 15.2. The Morgan fingerprint density at radius 2 is 1.97 bits per heavy atom. The van der Waals surface area contributed by atoms with E-state index in [0.29, 0.717) is 19.2 Å². The number of aromatic nitrogens is 2. The van der Waals surface area contributed by atoms with Gasteiger partial charge in [0.25, 0.3) is 0 Å². The number of hydrogen-bond donors (Lipinski definition) is 2. The van der Waals surface area contributed by atoms with Crippen LogP contribution in [0.25, 0.3) is 16.7 Å². The Kier molecular flexibility index (Phi) is 4.41. The fraction of sp³-hybridized carbons (Fsp3) is 0.286. The van der Waals surface area contributed by atoms with Crippen LogP contribution in [-0.2, 0) is 0 Å². The van der Waals surface area contributed by atoms with Crippen molar-refractivity contribution < 1.29 is 27.8 Å². The van der Waals surface area contributed by atoms with Crippen LogP contribution in [0.5, 0.6) is 5.75 Å². The highest BCUT2D eigenvalue weighted by Crippen LogP contribution is 2.52. The predicted octanol–water partition coefficient (Wildman–Crippen LogP) is 2.79. The number of rotatable bonds is 3. The number of pyridine rings is 2. The van der Waals surface area contributed by atoms with Crippen molar-refractivity contribution in [2.75, 3.05) is 18.0 Å². The highest BCUT2D eigenvalue weighted by atomic mass is 19.1. The van der Waals surface area contributed by atoms with Crippen LogP contribution in [0, 0.1) is 22.9 Å². The topological polar surface area (TPSA) is 111 Å². The summed E-state index contributed by atoms with van der Waals surface area (Å²) in [5.41, 5.74) is 4.83. The third-order valence-electron chi connectivity index (χ3n) is 6.15. The largest absolute Gasteiger partial charge is 0.511 e. The van der Waals surface area contributed by atoms with Crippen LogP contribution in [0.3, 0.4) is 0 Å². The summed E-state index contributed by atoms with van der Waals surface area (Å²) in [6.45, 7) is 0.865. The Bertz CT molecular complexity index is 1340. The minimum absolute atomic E-state index is 0.0562. The summed E-state index contributed by atoms with van der Waals surface area (Å²) >= 11 is 0. The van der Waals surface area contributed by atoms with Crippen LogP contribution in [0.4, 0.5) is 23.8 Å². The van der Waals surface area contributed by atoms with E-state index in [2.05, 4.69) is 9.72 Å². The van der Waals surface area contributed by atoms with Gasteiger partial charge in [0, 0.05) is 30.6 Å². The highest BCUT2D eigenvalue weighted by Gasteiger charge is 2.54. The number of benzene rings is 1. The molecule has 5 rings (SSSR count). The molecule has 32 heavy (non-hydrogen) atoms. The molecule has 1 saturated heterocycles. The Labute approximate surface area is 178 Å². The van der Waals surface area contributed by atoms with Crippen molar-refractivity contribution in [3.8, 4) is 11.4 Å². The summed E-state index contributed by atoms with van der Waals surface area (Å²) in [5, 5.41) is 8.61. The zero-order valence-corrected chi connectivity index (χ0v) is 16.5. The fourth-order valence-corrected chi connectivity index (χ4v) is 4.28. The first kappa shape index (κ1) is 20.3. The van der Waals surface area contributed by atoms with Crippen LogP contribution >= 0.6 is 0 Å². The lowest BCUT2D eigenvalue weighted by atomic mass is 10.0. The van der Waals surface area contributed by atoms with Crippen LogP contribution < -0.4 is 20.8 Å². The van der Waals surface area contributed by atoms with Gasteiger partial charge < -0.3 is 20.5 Å². The van der Waals surface area contributed by atoms with E-state index in [1.807, 2.05) is 0 Å². The number of nitrogens with two attached hydrogens (primary N) is 1. The Hall–Kier alpha value is -3.60. The van der Waals surface area contributed by atoms with Crippen LogP contribution in [0.15, 0.2) is 35.3 Å². The van der Waals surface area contributed by atoms with Gasteiger partial charge in [0.2, 0.25) is 5.43 Å². The molecule has 2 fully saturated rings. The van der Waals surface area contributed by atoms with Crippen molar-refractivity contribution in [3.63, 3.8) is 0 Å². The third-order valence-corrected chi connectivity index (χ3v) is 6.15. The zero-order valence-electron chi connectivity index (χ0n) is 16.5. The number of halogens is 3. The second-order valence-corrected chi connectivity index (χ2v) is 8.17. The molecular weight excluding hydrogens is 429 g/mol.